The van der Waals surface area contributed by atoms with Crippen molar-refractivity contribution >= 4 is 43.6 Å². The van der Waals surface area contributed by atoms with Gasteiger partial charge in [-0.25, -0.2) is 18.7 Å². The van der Waals surface area contributed by atoms with Crippen LogP contribution in [0.15, 0.2) is 194 Å². The van der Waals surface area contributed by atoms with Gasteiger partial charge in [0.25, 0.3) is 0 Å². The van der Waals surface area contributed by atoms with Crippen LogP contribution >= 0.6 is 0 Å². The van der Waals surface area contributed by atoms with Crippen LogP contribution in [0.25, 0.3) is 111 Å². The second-order valence-corrected chi connectivity index (χ2v) is 20.1. The molecular formula is C64H44F2N4. The van der Waals surface area contributed by atoms with E-state index in [2.05, 4.69) is 195 Å². The Hall–Kier alpha value is -8.48. The lowest BCUT2D eigenvalue weighted by molar-refractivity contribution is 0.609. The molecule has 0 spiro atoms. The van der Waals surface area contributed by atoms with E-state index in [9.17, 15) is 8.78 Å². The number of fused-ring (bicyclic) bond motifs is 12. The summed E-state index contributed by atoms with van der Waals surface area (Å²) in [6.07, 6.45) is 0. The van der Waals surface area contributed by atoms with Crippen molar-refractivity contribution < 1.29 is 8.78 Å². The fourth-order valence-electron chi connectivity index (χ4n) is 11.9. The topological polar surface area (TPSA) is 35.6 Å². The third-order valence-corrected chi connectivity index (χ3v) is 15.5. The molecule has 9 aromatic carbocycles. The van der Waals surface area contributed by atoms with E-state index in [0.717, 1.165) is 111 Å². The number of nitrogens with zero attached hydrogens (tertiary/aromatic N) is 4. The number of rotatable bonds is 5. The molecule has 0 bridgehead atoms. The summed E-state index contributed by atoms with van der Waals surface area (Å²) in [6, 6.07) is 66.6. The summed E-state index contributed by atoms with van der Waals surface area (Å²) in [5, 5.41) is 4.62. The highest BCUT2D eigenvalue weighted by atomic mass is 19.1. The predicted molar refractivity (Wildman–Crippen MR) is 282 cm³/mol. The van der Waals surface area contributed by atoms with E-state index in [-0.39, 0.29) is 11.6 Å². The third kappa shape index (κ3) is 5.80. The first-order valence-electron chi connectivity index (χ1n) is 23.9. The zero-order chi connectivity index (χ0) is 47.2. The number of halogens is 2. The van der Waals surface area contributed by atoms with Gasteiger partial charge in [-0.15, -0.1) is 0 Å². The van der Waals surface area contributed by atoms with Crippen molar-refractivity contribution in [2.75, 3.05) is 0 Å². The largest absolute Gasteiger partial charge is 0.309 e. The molecule has 4 nitrogen and oxygen atoms in total. The summed E-state index contributed by atoms with van der Waals surface area (Å²) in [5.74, 6) is 0.0845. The first-order chi connectivity index (χ1) is 34.0. The molecule has 3 heterocycles. The Morgan fingerprint density at radius 2 is 0.743 bits per heavy atom. The minimum atomic E-state index is -0.421. The van der Waals surface area contributed by atoms with Gasteiger partial charge >= 0.3 is 0 Å². The van der Waals surface area contributed by atoms with Crippen LogP contribution in [0.4, 0.5) is 8.78 Å². The van der Waals surface area contributed by atoms with E-state index >= 15 is 0 Å². The smallest absolute Gasteiger partial charge is 0.235 e. The molecule has 0 unspecified atom stereocenters. The van der Waals surface area contributed by atoms with Crippen LogP contribution in [0.3, 0.4) is 0 Å². The van der Waals surface area contributed by atoms with Crippen LogP contribution in [0, 0.1) is 11.6 Å². The second kappa shape index (κ2) is 14.5. The molecule has 334 valence electrons. The molecule has 0 radical (unpaired) electrons. The number of hydrogen-bond donors (Lipinski definition) is 0. The monoisotopic (exact) mass is 906 g/mol. The zero-order valence-electron chi connectivity index (χ0n) is 39.0. The maximum absolute atomic E-state index is 14.7. The molecule has 2 aliphatic rings. The Kier molecular flexibility index (Phi) is 8.42. The van der Waals surface area contributed by atoms with E-state index in [0.29, 0.717) is 5.95 Å². The van der Waals surface area contributed by atoms with Crippen LogP contribution < -0.4 is 0 Å². The molecule has 2 aliphatic carbocycles. The fourth-order valence-corrected chi connectivity index (χ4v) is 11.9. The van der Waals surface area contributed by atoms with Gasteiger partial charge < -0.3 is 4.57 Å². The molecule has 0 atom stereocenters. The highest BCUT2D eigenvalue weighted by Gasteiger charge is 2.38. The van der Waals surface area contributed by atoms with Gasteiger partial charge in [0.1, 0.15) is 11.6 Å². The molecule has 0 amide bonds. The highest BCUT2D eigenvalue weighted by Crippen LogP contribution is 2.52. The van der Waals surface area contributed by atoms with Crippen LogP contribution in [0.2, 0.25) is 0 Å². The van der Waals surface area contributed by atoms with Gasteiger partial charge in [0.15, 0.2) is 0 Å². The van der Waals surface area contributed by atoms with Gasteiger partial charge in [-0.1, -0.05) is 131 Å². The standard InChI is InChI=1S/C64H44F2N4/c1-63(2)52-32-39(18-24-44(52)46-26-22-41(65)34-54(46)63)56-36-57(40-19-25-45-47-27-23-42(66)35-55(47)64(3,4)53(45)33-40)68-62(67-56)70-59-17-11-9-15-49(59)51-31-38(21-29-61(51)70)37-20-28-60-50(30-37)48-14-8-10-16-58(48)69(60)43-12-6-5-7-13-43/h5-36H,1-4H3. The zero-order valence-corrected chi connectivity index (χ0v) is 39.0. The van der Waals surface area contributed by atoms with Crippen molar-refractivity contribution in [1.29, 1.82) is 0 Å². The Bertz CT molecular complexity index is 4080. The summed E-state index contributed by atoms with van der Waals surface area (Å²) < 4.78 is 34.0. The van der Waals surface area contributed by atoms with Gasteiger partial charge in [-0.3, -0.25) is 4.57 Å². The normalized spacial score (nSPS) is 14.1. The molecule has 0 aliphatic heterocycles. The number of benzene rings is 9. The van der Waals surface area contributed by atoms with Crippen molar-refractivity contribution in [3.63, 3.8) is 0 Å². The Morgan fingerprint density at radius 1 is 0.343 bits per heavy atom. The Labute approximate surface area is 403 Å². The van der Waals surface area contributed by atoms with E-state index in [1.807, 2.05) is 12.1 Å². The Morgan fingerprint density at radius 3 is 1.26 bits per heavy atom. The van der Waals surface area contributed by atoms with E-state index < -0.39 is 10.8 Å². The number of para-hydroxylation sites is 3. The molecule has 3 aromatic heterocycles. The fraction of sp³-hybridized carbons (Fsp3) is 0.0938. The highest BCUT2D eigenvalue weighted by molar-refractivity contribution is 6.12. The van der Waals surface area contributed by atoms with Crippen molar-refractivity contribution in [3.05, 3.63) is 228 Å². The van der Waals surface area contributed by atoms with E-state index in [1.54, 1.807) is 24.3 Å². The average molecular weight is 907 g/mol. The van der Waals surface area contributed by atoms with Crippen LogP contribution in [0.1, 0.15) is 49.9 Å². The van der Waals surface area contributed by atoms with Crippen molar-refractivity contribution in [2.24, 2.45) is 0 Å². The second-order valence-electron chi connectivity index (χ2n) is 20.1. The third-order valence-electron chi connectivity index (χ3n) is 15.5. The van der Waals surface area contributed by atoms with Gasteiger partial charge in [0.2, 0.25) is 5.95 Å². The lowest BCUT2D eigenvalue weighted by Gasteiger charge is -2.22. The summed E-state index contributed by atoms with van der Waals surface area (Å²) in [7, 11) is 0. The molecule has 12 aromatic rings. The van der Waals surface area contributed by atoms with E-state index in [4.69, 9.17) is 9.97 Å². The van der Waals surface area contributed by atoms with Crippen LogP contribution in [-0.2, 0) is 10.8 Å². The quantitative estimate of drug-likeness (QED) is 0.172. The Balaban J connectivity index is 0.956. The maximum Gasteiger partial charge on any atom is 0.235 e. The summed E-state index contributed by atoms with van der Waals surface area (Å²) in [5.41, 5.74) is 18.9. The SMILES string of the molecule is CC1(C)c2cc(F)ccc2-c2ccc(-c3cc(-c4ccc5c(c4)C(C)(C)c4cc(F)ccc4-5)nc(-n4c5ccccc5c5cc(-c6ccc7c(c6)c6ccccc6n7-c6ccccc6)ccc54)n3)cc21. The molecule has 0 saturated heterocycles. The van der Waals surface area contributed by atoms with Crippen molar-refractivity contribution in [1.82, 2.24) is 19.1 Å². The molecule has 0 saturated carbocycles. The summed E-state index contributed by atoms with van der Waals surface area (Å²) in [6.45, 7) is 8.67. The summed E-state index contributed by atoms with van der Waals surface area (Å²) in [4.78, 5) is 10.9. The minimum Gasteiger partial charge on any atom is -0.309 e. The predicted octanol–water partition coefficient (Wildman–Crippen LogP) is 16.6. The molecule has 14 rings (SSSR count). The maximum atomic E-state index is 14.7. The van der Waals surface area contributed by atoms with Crippen LogP contribution in [0.5, 0.6) is 0 Å². The molecular weight excluding hydrogens is 863 g/mol. The minimum absolute atomic E-state index is 0.234. The van der Waals surface area contributed by atoms with E-state index in [1.165, 1.54) is 16.3 Å². The molecule has 0 fully saturated rings. The van der Waals surface area contributed by atoms with Crippen molar-refractivity contribution in [2.45, 2.75) is 38.5 Å². The molecule has 6 heteroatoms. The van der Waals surface area contributed by atoms with Gasteiger partial charge in [0, 0.05) is 49.2 Å². The molecule has 70 heavy (non-hydrogen) atoms. The summed E-state index contributed by atoms with van der Waals surface area (Å²) >= 11 is 0. The first kappa shape index (κ1) is 40.6. The molecule has 0 N–H and O–H groups in total. The number of hydrogen-bond acceptors (Lipinski definition) is 2. The number of aromatic nitrogens is 4. The lowest BCUT2D eigenvalue weighted by atomic mass is 9.81. The van der Waals surface area contributed by atoms with Crippen LogP contribution in [-0.4, -0.2) is 19.1 Å². The first-order valence-corrected chi connectivity index (χ1v) is 23.9. The van der Waals surface area contributed by atoms with Gasteiger partial charge in [-0.05, 0) is 147 Å². The average Bonchev–Trinajstić information content (AvgIpc) is 4.04. The van der Waals surface area contributed by atoms with Gasteiger partial charge in [-0.2, -0.15) is 0 Å². The van der Waals surface area contributed by atoms with Crippen molar-refractivity contribution in [3.8, 4) is 67.5 Å². The lowest BCUT2D eigenvalue weighted by Crippen LogP contribution is -2.15. The van der Waals surface area contributed by atoms with Gasteiger partial charge in [0.05, 0.1) is 33.5 Å².